The predicted octanol–water partition coefficient (Wildman–Crippen LogP) is 2.78. The van der Waals surface area contributed by atoms with Gasteiger partial charge < -0.3 is 10.6 Å². The molecule has 0 unspecified atom stereocenters. The number of hydrogen-bond donors (Lipinski definition) is 2. The van der Waals surface area contributed by atoms with Gasteiger partial charge in [-0.15, -0.1) is 12.4 Å². The van der Waals surface area contributed by atoms with E-state index in [0.717, 1.165) is 44.5 Å². The van der Waals surface area contributed by atoms with E-state index in [9.17, 15) is 13.6 Å². The molecule has 2 aliphatic rings. The van der Waals surface area contributed by atoms with Gasteiger partial charge in [-0.3, -0.25) is 4.79 Å². The maximum atomic E-state index is 13.2. The minimum atomic E-state index is -0.877. The number of amides is 1. The molecule has 22 heavy (non-hydrogen) atoms. The number of halogens is 3. The third-order valence-electron chi connectivity index (χ3n) is 4.93. The van der Waals surface area contributed by atoms with Gasteiger partial charge in [0.2, 0.25) is 5.91 Å². The first-order valence-electron chi connectivity index (χ1n) is 7.55. The zero-order valence-electron chi connectivity index (χ0n) is 12.3. The monoisotopic (exact) mass is 330 g/mol. The number of hydrogen-bond acceptors (Lipinski definition) is 2. The lowest BCUT2D eigenvalue weighted by Gasteiger charge is -2.37. The fourth-order valence-corrected chi connectivity index (χ4v) is 3.70. The number of rotatable bonds is 3. The Kier molecular flexibility index (Phi) is 5.40. The van der Waals surface area contributed by atoms with Gasteiger partial charge in [-0.1, -0.05) is 18.9 Å². The van der Waals surface area contributed by atoms with Crippen LogP contribution < -0.4 is 10.6 Å². The Morgan fingerprint density at radius 3 is 2.91 bits per heavy atom. The van der Waals surface area contributed by atoms with Crippen LogP contribution in [-0.2, 0) is 11.3 Å². The highest BCUT2D eigenvalue weighted by molar-refractivity contribution is 5.85. The van der Waals surface area contributed by atoms with Gasteiger partial charge in [-0.2, -0.15) is 0 Å². The van der Waals surface area contributed by atoms with Crippen molar-refractivity contribution in [2.45, 2.75) is 32.2 Å². The summed E-state index contributed by atoms with van der Waals surface area (Å²) in [4.78, 5) is 12.6. The van der Waals surface area contributed by atoms with Crippen molar-refractivity contribution in [1.29, 1.82) is 0 Å². The van der Waals surface area contributed by atoms with Crippen LogP contribution in [0.25, 0.3) is 0 Å². The first-order valence-corrected chi connectivity index (χ1v) is 7.55. The lowest BCUT2D eigenvalue weighted by atomic mass is 9.67. The maximum Gasteiger partial charge on any atom is 0.228 e. The van der Waals surface area contributed by atoms with Gasteiger partial charge in [0.15, 0.2) is 11.6 Å². The zero-order chi connectivity index (χ0) is 14.9. The van der Waals surface area contributed by atoms with Crippen molar-refractivity contribution in [1.82, 2.24) is 10.6 Å². The molecule has 0 spiro atoms. The van der Waals surface area contributed by atoms with Gasteiger partial charge in [0.25, 0.3) is 0 Å². The Balaban J connectivity index is 0.00000176. The largest absolute Gasteiger partial charge is 0.351 e. The summed E-state index contributed by atoms with van der Waals surface area (Å²) in [6, 6.07) is 3.73. The van der Waals surface area contributed by atoms with E-state index < -0.39 is 11.6 Å². The standard InChI is InChI=1S/C16H20F2N2O.ClH/c17-13-5-4-11(7-14(13)18)8-20-15(21)16-6-2-1-3-12(16)9-19-10-16;/h4-5,7,12,19H,1-3,6,8-10H2,(H,20,21);1H/t12-,16+;/m0./s1. The van der Waals surface area contributed by atoms with Crippen molar-refractivity contribution < 1.29 is 13.6 Å². The van der Waals surface area contributed by atoms with Gasteiger partial charge >= 0.3 is 0 Å². The summed E-state index contributed by atoms with van der Waals surface area (Å²) < 4.78 is 26.1. The molecule has 1 aliphatic carbocycles. The second-order valence-electron chi connectivity index (χ2n) is 6.16. The first kappa shape index (κ1) is 17.2. The van der Waals surface area contributed by atoms with Crippen LogP contribution in [0.5, 0.6) is 0 Å². The molecule has 2 fully saturated rings. The van der Waals surface area contributed by atoms with Crippen molar-refractivity contribution in [2.24, 2.45) is 11.3 Å². The van der Waals surface area contributed by atoms with Crippen molar-refractivity contribution in [3.05, 3.63) is 35.4 Å². The maximum absolute atomic E-state index is 13.2. The van der Waals surface area contributed by atoms with Crippen molar-refractivity contribution in [3.8, 4) is 0 Å². The van der Waals surface area contributed by atoms with Crippen LogP contribution in [-0.4, -0.2) is 19.0 Å². The normalized spacial score (nSPS) is 26.9. The smallest absolute Gasteiger partial charge is 0.228 e. The van der Waals surface area contributed by atoms with Crippen LogP contribution in [0.15, 0.2) is 18.2 Å². The van der Waals surface area contributed by atoms with E-state index in [2.05, 4.69) is 10.6 Å². The Morgan fingerprint density at radius 2 is 2.14 bits per heavy atom. The van der Waals surface area contributed by atoms with Crippen LogP contribution >= 0.6 is 12.4 Å². The molecule has 3 nitrogen and oxygen atoms in total. The molecule has 0 bridgehead atoms. The molecule has 3 rings (SSSR count). The van der Waals surface area contributed by atoms with E-state index in [1.165, 1.54) is 12.5 Å². The Bertz CT molecular complexity index is 555. The van der Waals surface area contributed by atoms with E-state index in [1.807, 2.05) is 0 Å². The second kappa shape index (κ2) is 6.92. The van der Waals surface area contributed by atoms with Crippen LogP contribution in [0, 0.1) is 23.0 Å². The molecule has 122 valence electrons. The Labute approximate surface area is 135 Å². The molecule has 6 heteroatoms. The third kappa shape index (κ3) is 3.10. The molecular weight excluding hydrogens is 310 g/mol. The van der Waals surface area contributed by atoms with Gasteiger partial charge in [0.1, 0.15) is 0 Å². The summed E-state index contributed by atoms with van der Waals surface area (Å²) in [5.41, 5.74) is 0.272. The third-order valence-corrected chi connectivity index (χ3v) is 4.93. The summed E-state index contributed by atoms with van der Waals surface area (Å²) >= 11 is 0. The summed E-state index contributed by atoms with van der Waals surface area (Å²) in [6.07, 6.45) is 4.27. The van der Waals surface area contributed by atoms with Crippen LogP contribution in [0.1, 0.15) is 31.2 Å². The molecule has 1 saturated carbocycles. The highest BCUT2D eigenvalue weighted by Crippen LogP contribution is 2.43. The van der Waals surface area contributed by atoms with E-state index in [1.54, 1.807) is 0 Å². The number of carbonyl (C=O) groups is 1. The predicted molar refractivity (Wildman–Crippen MR) is 82.7 cm³/mol. The zero-order valence-corrected chi connectivity index (χ0v) is 13.1. The fraction of sp³-hybridized carbons (Fsp3) is 0.562. The van der Waals surface area contributed by atoms with Gasteiger partial charge in [0.05, 0.1) is 5.41 Å². The molecule has 1 heterocycles. The number of carbonyl (C=O) groups excluding carboxylic acids is 1. The average Bonchev–Trinajstić information content (AvgIpc) is 2.93. The highest BCUT2D eigenvalue weighted by Gasteiger charge is 2.49. The molecule has 2 N–H and O–H groups in total. The summed E-state index contributed by atoms with van der Waals surface area (Å²) in [5, 5.41) is 6.24. The fourth-order valence-electron chi connectivity index (χ4n) is 3.70. The molecule has 1 aromatic carbocycles. The SMILES string of the molecule is Cl.O=C(NCc1ccc(F)c(F)c1)[C@@]12CCCC[C@H]1CNC2. The first-order chi connectivity index (χ1) is 10.1. The number of benzene rings is 1. The van der Waals surface area contributed by atoms with Crippen LogP contribution in [0.4, 0.5) is 8.78 Å². The Morgan fingerprint density at radius 1 is 1.32 bits per heavy atom. The van der Waals surface area contributed by atoms with Crippen molar-refractivity contribution >= 4 is 18.3 Å². The molecule has 0 aromatic heterocycles. The van der Waals surface area contributed by atoms with E-state index in [4.69, 9.17) is 0 Å². The van der Waals surface area contributed by atoms with E-state index in [-0.39, 0.29) is 30.3 Å². The quantitative estimate of drug-likeness (QED) is 0.894. The highest BCUT2D eigenvalue weighted by atomic mass is 35.5. The lowest BCUT2D eigenvalue weighted by molar-refractivity contribution is -0.134. The topological polar surface area (TPSA) is 41.1 Å². The molecule has 1 aliphatic heterocycles. The van der Waals surface area contributed by atoms with Crippen molar-refractivity contribution in [3.63, 3.8) is 0 Å². The Hall–Kier alpha value is -1.20. The molecule has 0 radical (unpaired) electrons. The van der Waals surface area contributed by atoms with Gasteiger partial charge in [-0.05, 0) is 43.0 Å². The summed E-state index contributed by atoms with van der Waals surface area (Å²) in [6.45, 7) is 1.87. The van der Waals surface area contributed by atoms with E-state index in [0.29, 0.717) is 11.5 Å². The summed E-state index contributed by atoms with van der Waals surface area (Å²) in [5.74, 6) is -1.30. The number of nitrogens with one attached hydrogen (secondary N) is 2. The van der Waals surface area contributed by atoms with Crippen molar-refractivity contribution in [2.75, 3.05) is 13.1 Å². The lowest BCUT2D eigenvalue weighted by Crippen LogP contribution is -2.47. The van der Waals surface area contributed by atoms with Crippen LogP contribution in [0.2, 0.25) is 0 Å². The number of fused-ring (bicyclic) bond motifs is 1. The van der Waals surface area contributed by atoms with Gasteiger partial charge in [0, 0.05) is 13.1 Å². The van der Waals surface area contributed by atoms with Crippen LogP contribution in [0.3, 0.4) is 0 Å². The minimum Gasteiger partial charge on any atom is -0.351 e. The average molecular weight is 331 g/mol. The second-order valence-corrected chi connectivity index (χ2v) is 6.16. The molecule has 2 atom stereocenters. The molecule has 1 aromatic rings. The molecule has 1 amide bonds. The molecule has 1 saturated heterocycles. The molecular formula is C16H21ClF2N2O. The minimum absolute atomic E-state index is 0. The van der Waals surface area contributed by atoms with Gasteiger partial charge in [-0.25, -0.2) is 8.78 Å². The van der Waals surface area contributed by atoms with E-state index >= 15 is 0 Å². The summed E-state index contributed by atoms with van der Waals surface area (Å²) in [7, 11) is 0.